The summed E-state index contributed by atoms with van der Waals surface area (Å²) in [6.07, 6.45) is 0. The third kappa shape index (κ3) is 0.797. The fourth-order valence-electron chi connectivity index (χ4n) is 0.954. The Hall–Kier alpha value is -2.05. The van der Waals surface area contributed by atoms with Crippen LogP contribution in [0.25, 0.3) is 11.5 Å². The Morgan fingerprint density at radius 3 is 2.67 bits per heavy atom. The number of anilines is 2. The molecule has 0 saturated carbocycles. The van der Waals surface area contributed by atoms with Crippen LogP contribution in [0.2, 0.25) is 0 Å². The number of nitrogen functional groups attached to an aromatic ring is 2. The number of aromatic nitrogens is 4. The third-order valence-corrected chi connectivity index (χ3v) is 1.42. The van der Waals surface area contributed by atoms with E-state index in [0.29, 0.717) is 5.69 Å². The molecule has 0 fully saturated rings. The zero-order valence-corrected chi connectivity index (χ0v) is 5.96. The molecule has 0 aromatic carbocycles. The number of aromatic amines is 2. The Kier molecular flexibility index (Phi) is 1.09. The molecular formula is C5H6N6O. The van der Waals surface area contributed by atoms with Crippen LogP contribution in [-0.4, -0.2) is 19.9 Å². The number of rotatable bonds is 0. The monoisotopic (exact) mass is 166 g/mol. The zero-order chi connectivity index (χ0) is 8.72. The van der Waals surface area contributed by atoms with Gasteiger partial charge in [-0.25, -0.2) is 4.79 Å². The lowest BCUT2D eigenvalue weighted by Gasteiger charge is -2.01. The second kappa shape index (κ2) is 1.97. The van der Waals surface area contributed by atoms with Crippen molar-refractivity contribution in [3.05, 3.63) is 10.5 Å². The quantitative estimate of drug-likeness (QED) is 0.389. The van der Waals surface area contributed by atoms with E-state index in [1.807, 2.05) is 0 Å². The molecule has 0 unspecified atom stereocenters. The molecule has 0 spiro atoms. The summed E-state index contributed by atoms with van der Waals surface area (Å²) >= 11 is 0. The fraction of sp³-hybridized carbons (Fsp3) is 0. The van der Waals surface area contributed by atoms with Crippen molar-refractivity contribution < 1.29 is 0 Å². The van der Waals surface area contributed by atoms with Crippen molar-refractivity contribution >= 4 is 11.8 Å². The molecule has 0 saturated heterocycles. The predicted molar refractivity (Wildman–Crippen MR) is 42.5 cm³/mol. The van der Waals surface area contributed by atoms with Gasteiger partial charge in [0, 0.05) is 0 Å². The second-order valence-electron chi connectivity index (χ2n) is 2.28. The van der Waals surface area contributed by atoms with Gasteiger partial charge in [0.05, 0.1) is 0 Å². The van der Waals surface area contributed by atoms with Crippen LogP contribution >= 0.6 is 0 Å². The van der Waals surface area contributed by atoms with E-state index in [4.69, 9.17) is 11.5 Å². The summed E-state index contributed by atoms with van der Waals surface area (Å²) in [5.41, 5.74) is 10.7. The van der Waals surface area contributed by atoms with E-state index >= 15 is 0 Å². The largest absolute Gasteiger partial charge is 0.383 e. The first-order valence-corrected chi connectivity index (χ1v) is 3.18. The normalized spacial score (nSPS) is 10.7. The molecule has 0 aliphatic carbocycles. The summed E-state index contributed by atoms with van der Waals surface area (Å²) in [6, 6.07) is 0. The summed E-state index contributed by atoms with van der Waals surface area (Å²) in [6.45, 7) is 0. The molecule has 0 aromatic rings. The molecule has 62 valence electrons. The summed E-state index contributed by atoms with van der Waals surface area (Å²) in [4.78, 5) is 23.0. The van der Waals surface area contributed by atoms with Crippen LogP contribution < -0.4 is 17.2 Å². The minimum Gasteiger partial charge on any atom is -0.383 e. The smallest absolute Gasteiger partial charge is 0.347 e. The molecule has 0 amide bonds. The van der Waals surface area contributed by atoms with E-state index in [2.05, 4.69) is 19.9 Å². The minimum atomic E-state index is -0.483. The maximum atomic E-state index is 10.7. The Morgan fingerprint density at radius 1 is 1.17 bits per heavy atom. The molecule has 12 heavy (non-hydrogen) atoms. The van der Waals surface area contributed by atoms with Crippen molar-refractivity contribution in [1.82, 2.24) is 19.9 Å². The van der Waals surface area contributed by atoms with Crippen molar-refractivity contribution in [3.8, 4) is 11.5 Å². The number of H-pyrrole nitrogens is 2. The van der Waals surface area contributed by atoms with Crippen LogP contribution in [-0.2, 0) is 0 Å². The minimum absolute atomic E-state index is 0.131. The summed E-state index contributed by atoms with van der Waals surface area (Å²) in [5.74, 6) is 0.618. The fourth-order valence-corrected chi connectivity index (χ4v) is 0.954. The van der Waals surface area contributed by atoms with Gasteiger partial charge in [0.15, 0.2) is 5.82 Å². The molecule has 0 radical (unpaired) electrons. The van der Waals surface area contributed by atoms with Gasteiger partial charge in [-0.1, -0.05) is 0 Å². The van der Waals surface area contributed by atoms with E-state index in [9.17, 15) is 4.79 Å². The lowest BCUT2D eigenvalue weighted by molar-refractivity contribution is 1.15. The number of fused-ring (bicyclic) bond motifs is 1. The van der Waals surface area contributed by atoms with Crippen molar-refractivity contribution in [2.75, 3.05) is 11.5 Å². The van der Waals surface area contributed by atoms with Gasteiger partial charge in [-0.15, -0.1) is 0 Å². The zero-order valence-electron chi connectivity index (χ0n) is 5.96. The lowest BCUT2D eigenvalue weighted by atomic mass is 10.4. The van der Waals surface area contributed by atoms with Crippen LogP contribution in [0.15, 0.2) is 4.79 Å². The second-order valence-corrected chi connectivity index (χ2v) is 2.28. The molecule has 6 N–H and O–H groups in total. The van der Waals surface area contributed by atoms with E-state index in [1.54, 1.807) is 0 Å². The van der Waals surface area contributed by atoms with Gasteiger partial charge in [0.1, 0.15) is 11.5 Å². The highest BCUT2D eigenvalue weighted by molar-refractivity contribution is 5.66. The van der Waals surface area contributed by atoms with Crippen molar-refractivity contribution in [2.45, 2.75) is 0 Å². The van der Waals surface area contributed by atoms with Gasteiger partial charge in [0.2, 0.25) is 5.95 Å². The predicted octanol–water partition coefficient (Wildman–Crippen LogP) is -1.24. The average molecular weight is 166 g/mol. The third-order valence-electron chi connectivity index (χ3n) is 1.42. The van der Waals surface area contributed by atoms with Gasteiger partial charge in [-0.2, -0.15) is 9.97 Å². The van der Waals surface area contributed by atoms with Crippen LogP contribution in [0, 0.1) is 0 Å². The Balaban J connectivity index is 2.88. The first kappa shape index (κ1) is 6.65. The van der Waals surface area contributed by atoms with Gasteiger partial charge in [-0.05, 0) is 0 Å². The Morgan fingerprint density at radius 2 is 1.92 bits per heavy atom. The molecule has 0 bridgehead atoms. The van der Waals surface area contributed by atoms with Gasteiger partial charge >= 0.3 is 5.69 Å². The van der Waals surface area contributed by atoms with Crippen molar-refractivity contribution in [2.24, 2.45) is 0 Å². The van der Waals surface area contributed by atoms with Gasteiger partial charge in [-0.3, -0.25) is 4.98 Å². The Bertz CT molecular complexity index is 442. The van der Waals surface area contributed by atoms with E-state index in [-0.39, 0.29) is 17.6 Å². The number of nitrogens with two attached hydrogens (primary N) is 2. The van der Waals surface area contributed by atoms with Crippen LogP contribution in [0.5, 0.6) is 0 Å². The standard InChI is InChI=1S/C5H6N6O/c6-2-1-3(10-4(7)9-2)11-5(12)8-1/h(H6,6,7,8,9,10,11,12). The highest BCUT2D eigenvalue weighted by atomic mass is 16.1. The number of imidazole rings is 1. The number of nitrogens with one attached hydrogen (secondary N) is 2. The lowest BCUT2D eigenvalue weighted by Crippen LogP contribution is -2.03. The Labute approximate surface area is 66.2 Å². The molecule has 2 heterocycles. The highest BCUT2D eigenvalue weighted by Gasteiger charge is 2.13. The van der Waals surface area contributed by atoms with E-state index in [0.717, 1.165) is 0 Å². The first-order valence-electron chi connectivity index (χ1n) is 3.18. The highest BCUT2D eigenvalue weighted by Crippen LogP contribution is 2.18. The maximum absolute atomic E-state index is 10.7. The van der Waals surface area contributed by atoms with Crippen LogP contribution in [0.1, 0.15) is 0 Å². The van der Waals surface area contributed by atoms with Crippen molar-refractivity contribution in [1.29, 1.82) is 0 Å². The first-order chi connectivity index (χ1) is 5.66. The van der Waals surface area contributed by atoms with Crippen molar-refractivity contribution in [3.63, 3.8) is 0 Å². The van der Waals surface area contributed by atoms with Crippen LogP contribution in [0.4, 0.5) is 11.8 Å². The topological polar surface area (TPSA) is 126 Å². The maximum Gasteiger partial charge on any atom is 0.347 e. The molecule has 0 aromatic heterocycles. The summed E-state index contributed by atoms with van der Waals surface area (Å²) in [5, 5.41) is 0. The molecule has 2 rings (SSSR count). The molecular weight excluding hydrogens is 160 g/mol. The molecule has 2 aliphatic rings. The molecule has 0 atom stereocenters. The number of hydrogen-bond donors (Lipinski definition) is 4. The molecule has 7 heteroatoms. The van der Waals surface area contributed by atoms with Gasteiger partial charge < -0.3 is 16.5 Å². The molecule has 7 nitrogen and oxygen atoms in total. The average Bonchev–Trinajstić information content (AvgIpc) is 2.29. The van der Waals surface area contributed by atoms with E-state index < -0.39 is 5.69 Å². The summed E-state index contributed by atoms with van der Waals surface area (Å²) < 4.78 is 0. The van der Waals surface area contributed by atoms with E-state index in [1.165, 1.54) is 0 Å². The molecule has 2 aliphatic heterocycles. The SMILES string of the molecule is Nc1nc2nc(=O)[nH]c-2c(N)[nH]1. The van der Waals surface area contributed by atoms with Crippen LogP contribution in [0.3, 0.4) is 0 Å². The number of nitrogens with zero attached hydrogens (tertiary/aromatic N) is 2. The number of hydrogen-bond acceptors (Lipinski definition) is 5. The van der Waals surface area contributed by atoms with Gasteiger partial charge in [0.25, 0.3) is 0 Å². The summed E-state index contributed by atoms with van der Waals surface area (Å²) in [7, 11) is 0.